The molecule has 0 unspecified atom stereocenters. The number of nitrogens with zero attached hydrogens (tertiary/aromatic N) is 2. The summed E-state index contributed by atoms with van der Waals surface area (Å²) in [5, 5.41) is 2.91. The summed E-state index contributed by atoms with van der Waals surface area (Å²) in [5.41, 5.74) is 0.633. The van der Waals surface area contributed by atoms with Crippen LogP contribution in [-0.2, 0) is 21.4 Å². The number of nitrogens with one attached hydrogen (secondary N) is 1. The van der Waals surface area contributed by atoms with Crippen molar-refractivity contribution in [2.45, 2.75) is 25.4 Å². The van der Waals surface area contributed by atoms with E-state index in [0.29, 0.717) is 5.56 Å². The standard InChI is InChI=1S/C16H24FN3O3S/c1-19-9-7-15(8-10-19)18-16(21)12-20(24(2,22)23)11-13-3-5-14(17)6-4-13/h3-6,15H,7-12H2,1-2H3,(H,18,21). The highest BCUT2D eigenvalue weighted by Gasteiger charge is 2.23. The van der Waals surface area contributed by atoms with E-state index in [4.69, 9.17) is 0 Å². The van der Waals surface area contributed by atoms with Crippen molar-refractivity contribution in [1.29, 1.82) is 0 Å². The van der Waals surface area contributed by atoms with Crippen molar-refractivity contribution in [3.05, 3.63) is 35.6 Å². The Labute approximate surface area is 142 Å². The molecule has 0 aliphatic carbocycles. The normalized spacial score (nSPS) is 17.2. The van der Waals surface area contributed by atoms with E-state index in [2.05, 4.69) is 10.2 Å². The molecule has 1 aromatic rings. The molecule has 1 aliphatic heterocycles. The highest BCUT2D eigenvalue weighted by atomic mass is 32.2. The monoisotopic (exact) mass is 357 g/mol. The maximum absolute atomic E-state index is 13.0. The first kappa shape index (κ1) is 18.8. The quantitative estimate of drug-likeness (QED) is 0.818. The Hall–Kier alpha value is -1.51. The van der Waals surface area contributed by atoms with Crippen molar-refractivity contribution >= 4 is 15.9 Å². The summed E-state index contributed by atoms with van der Waals surface area (Å²) < 4.78 is 37.9. The molecule has 6 nitrogen and oxygen atoms in total. The Balaban J connectivity index is 1.95. The van der Waals surface area contributed by atoms with Gasteiger partial charge in [-0.25, -0.2) is 12.8 Å². The minimum absolute atomic E-state index is 0.0416. The van der Waals surface area contributed by atoms with Gasteiger partial charge in [0.2, 0.25) is 15.9 Å². The van der Waals surface area contributed by atoms with Gasteiger partial charge in [0.15, 0.2) is 0 Å². The summed E-state index contributed by atoms with van der Waals surface area (Å²) >= 11 is 0. The second-order valence-corrected chi connectivity index (χ2v) is 8.29. The predicted octanol–water partition coefficient (Wildman–Crippen LogP) is 0.798. The molecule has 0 aromatic heterocycles. The maximum atomic E-state index is 13.0. The first-order valence-corrected chi connectivity index (χ1v) is 9.76. The molecule has 0 radical (unpaired) electrons. The lowest BCUT2D eigenvalue weighted by atomic mass is 10.1. The number of piperidine rings is 1. The third-order valence-corrected chi connectivity index (χ3v) is 5.34. The Morgan fingerprint density at radius 3 is 2.42 bits per heavy atom. The fraction of sp³-hybridized carbons (Fsp3) is 0.562. The molecule has 0 saturated carbocycles. The Morgan fingerprint density at radius 2 is 1.88 bits per heavy atom. The smallest absolute Gasteiger partial charge is 0.235 e. The van der Waals surface area contributed by atoms with Gasteiger partial charge in [-0.1, -0.05) is 12.1 Å². The average molecular weight is 357 g/mol. The third kappa shape index (κ3) is 5.85. The van der Waals surface area contributed by atoms with Gasteiger partial charge in [-0.15, -0.1) is 0 Å². The van der Waals surface area contributed by atoms with E-state index >= 15 is 0 Å². The van der Waals surface area contributed by atoms with Gasteiger partial charge >= 0.3 is 0 Å². The number of sulfonamides is 1. The van der Waals surface area contributed by atoms with Gasteiger partial charge in [-0.05, 0) is 50.7 Å². The molecule has 1 aliphatic rings. The second-order valence-electron chi connectivity index (χ2n) is 6.30. The summed E-state index contributed by atoms with van der Waals surface area (Å²) in [4.78, 5) is 14.4. The van der Waals surface area contributed by atoms with Crippen LogP contribution in [0.5, 0.6) is 0 Å². The lowest BCUT2D eigenvalue weighted by Gasteiger charge is -2.30. The van der Waals surface area contributed by atoms with Gasteiger partial charge < -0.3 is 10.2 Å². The molecule has 1 N–H and O–H groups in total. The highest BCUT2D eigenvalue weighted by molar-refractivity contribution is 7.88. The molecule has 0 spiro atoms. The van der Waals surface area contributed by atoms with Crippen molar-refractivity contribution in [3.63, 3.8) is 0 Å². The number of rotatable bonds is 6. The van der Waals surface area contributed by atoms with Crippen LogP contribution in [0.15, 0.2) is 24.3 Å². The Morgan fingerprint density at radius 1 is 1.29 bits per heavy atom. The maximum Gasteiger partial charge on any atom is 0.235 e. The first-order chi connectivity index (χ1) is 11.2. The zero-order valence-corrected chi connectivity index (χ0v) is 14.9. The van der Waals surface area contributed by atoms with E-state index in [1.807, 2.05) is 7.05 Å². The summed E-state index contributed by atoms with van der Waals surface area (Å²) in [6.07, 6.45) is 2.79. The second kappa shape index (κ2) is 8.04. The Bertz CT molecular complexity index is 656. The molecule has 1 fully saturated rings. The fourth-order valence-electron chi connectivity index (χ4n) is 2.67. The molecule has 1 saturated heterocycles. The van der Waals surface area contributed by atoms with Gasteiger partial charge in [-0.3, -0.25) is 4.79 Å². The summed E-state index contributed by atoms with van der Waals surface area (Å²) in [6, 6.07) is 5.66. The summed E-state index contributed by atoms with van der Waals surface area (Å²) in [5.74, 6) is -0.693. The number of hydrogen-bond acceptors (Lipinski definition) is 4. The number of likely N-dealkylation sites (tertiary alicyclic amines) is 1. The molecular weight excluding hydrogens is 333 g/mol. The molecule has 1 amide bonds. The van der Waals surface area contributed by atoms with Crippen LogP contribution in [0.2, 0.25) is 0 Å². The van der Waals surface area contributed by atoms with Crippen LogP contribution in [0.25, 0.3) is 0 Å². The lowest BCUT2D eigenvalue weighted by Crippen LogP contribution is -2.47. The van der Waals surface area contributed by atoms with Crippen LogP contribution in [0.3, 0.4) is 0 Å². The molecule has 134 valence electrons. The minimum atomic E-state index is -3.55. The molecule has 1 heterocycles. The molecule has 2 rings (SSSR count). The largest absolute Gasteiger partial charge is 0.352 e. The van der Waals surface area contributed by atoms with Crippen LogP contribution >= 0.6 is 0 Å². The predicted molar refractivity (Wildman–Crippen MR) is 90.3 cm³/mol. The molecule has 1 aromatic carbocycles. The minimum Gasteiger partial charge on any atom is -0.352 e. The van der Waals surface area contributed by atoms with Crippen LogP contribution in [0, 0.1) is 5.82 Å². The average Bonchev–Trinajstić information content (AvgIpc) is 2.50. The molecule has 0 bridgehead atoms. The van der Waals surface area contributed by atoms with Gasteiger partial charge in [-0.2, -0.15) is 4.31 Å². The third-order valence-electron chi connectivity index (χ3n) is 4.14. The molecule has 24 heavy (non-hydrogen) atoms. The van der Waals surface area contributed by atoms with E-state index in [-0.39, 0.29) is 30.9 Å². The van der Waals surface area contributed by atoms with Gasteiger partial charge in [0.05, 0.1) is 12.8 Å². The zero-order valence-electron chi connectivity index (χ0n) is 14.0. The first-order valence-electron chi connectivity index (χ1n) is 7.91. The SMILES string of the molecule is CN1CCC(NC(=O)CN(Cc2ccc(F)cc2)S(C)(=O)=O)CC1. The topological polar surface area (TPSA) is 69.7 Å². The molecule has 8 heteroatoms. The Kier molecular flexibility index (Phi) is 6.31. The van der Waals surface area contributed by atoms with E-state index in [1.165, 1.54) is 24.3 Å². The zero-order chi connectivity index (χ0) is 17.7. The number of hydrogen-bond donors (Lipinski definition) is 1. The van der Waals surface area contributed by atoms with Gasteiger partial charge in [0, 0.05) is 12.6 Å². The van der Waals surface area contributed by atoms with E-state index in [0.717, 1.165) is 36.5 Å². The number of carbonyl (C=O) groups is 1. The van der Waals surface area contributed by atoms with Gasteiger partial charge in [0.1, 0.15) is 5.82 Å². The van der Waals surface area contributed by atoms with Crippen molar-refractivity contribution in [2.24, 2.45) is 0 Å². The molecule has 0 atom stereocenters. The van der Waals surface area contributed by atoms with E-state index < -0.39 is 10.0 Å². The van der Waals surface area contributed by atoms with Crippen molar-refractivity contribution in [3.8, 4) is 0 Å². The number of carbonyl (C=O) groups excluding carboxylic acids is 1. The van der Waals surface area contributed by atoms with Crippen molar-refractivity contribution < 1.29 is 17.6 Å². The van der Waals surface area contributed by atoms with Crippen molar-refractivity contribution in [1.82, 2.24) is 14.5 Å². The number of amides is 1. The van der Waals surface area contributed by atoms with Crippen molar-refractivity contribution in [2.75, 3.05) is 32.9 Å². The van der Waals surface area contributed by atoms with Crippen LogP contribution in [0.1, 0.15) is 18.4 Å². The van der Waals surface area contributed by atoms with Crippen LogP contribution in [0.4, 0.5) is 4.39 Å². The van der Waals surface area contributed by atoms with E-state index in [1.54, 1.807) is 0 Å². The lowest BCUT2D eigenvalue weighted by molar-refractivity contribution is -0.122. The van der Waals surface area contributed by atoms with E-state index in [9.17, 15) is 17.6 Å². The summed E-state index contributed by atoms with van der Waals surface area (Å²) in [7, 11) is -1.51. The fourth-order valence-corrected chi connectivity index (χ4v) is 3.41. The highest BCUT2D eigenvalue weighted by Crippen LogP contribution is 2.11. The number of halogens is 1. The number of benzene rings is 1. The summed E-state index contributed by atoms with van der Waals surface area (Å²) in [6.45, 7) is 1.63. The van der Waals surface area contributed by atoms with Crippen LogP contribution in [-0.4, -0.2) is 62.5 Å². The molecular formula is C16H24FN3O3S. The van der Waals surface area contributed by atoms with Gasteiger partial charge in [0.25, 0.3) is 0 Å². The van der Waals surface area contributed by atoms with Crippen LogP contribution < -0.4 is 5.32 Å².